The van der Waals surface area contributed by atoms with Gasteiger partial charge in [0.25, 0.3) is 0 Å². The van der Waals surface area contributed by atoms with E-state index in [1.165, 1.54) is 0 Å². The van der Waals surface area contributed by atoms with E-state index in [0.29, 0.717) is 38.9 Å². The maximum Gasteiger partial charge on any atom is 0.305 e. The molecule has 0 spiro atoms. The number of aliphatic hydroxyl groups is 1. The van der Waals surface area contributed by atoms with Crippen molar-refractivity contribution in [3.8, 4) is 0 Å². The molecule has 0 aliphatic carbocycles. The minimum absolute atomic E-state index is 0.0440. The predicted octanol–water partition coefficient (Wildman–Crippen LogP) is 3.14. The lowest BCUT2D eigenvalue weighted by Crippen LogP contribution is -2.63. The Morgan fingerprint density at radius 1 is 1.15 bits per heavy atom. The normalized spacial score (nSPS) is 44.1. The minimum Gasteiger partial charge on any atom is -0.466 e. The zero-order valence-corrected chi connectivity index (χ0v) is 21.2. The molecule has 8 nitrogen and oxygen atoms in total. The molecule has 0 aromatic rings. The number of fused-ring (bicyclic) bond motifs is 2. The largest absolute Gasteiger partial charge is 0.466 e. The van der Waals surface area contributed by atoms with Crippen molar-refractivity contribution in [1.29, 1.82) is 0 Å². The molecule has 4 aliphatic rings. The van der Waals surface area contributed by atoms with E-state index in [2.05, 4.69) is 13.5 Å². The Hall–Kier alpha value is -1.03. The van der Waals surface area contributed by atoms with E-state index in [-0.39, 0.29) is 60.5 Å². The molecule has 4 saturated heterocycles. The highest BCUT2D eigenvalue weighted by Crippen LogP contribution is 2.42. The molecule has 0 aromatic carbocycles. The van der Waals surface area contributed by atoms with Crippen LogP contribution in [0.25, 0.3) is 0 Å². The Labute approximate surface area is 203 Å². The van der Waals surface area contributed by atoms with Crippen molar-refractivity contribution < 1.29 is 38.3 Å². The summed E-state index contributed by atoms with van der Waals surface area (Å²) in [5.74, 6) is -0.652. The summed E-state index contributed by atoms with van der Waals surface area (Å²) < 4.78 is 36.1. The predicted molar refractivity (Wildman–Crippen MR) is 124 cm³/mol. The Kier molecular flexibility index (Phi) is 8.06. The second-order valence-electron chi connectivity index (χ2n) is 10.8. The van der Waals surface area contributed by atoms with Crippen LogP contribution in [0.3, 0.4) is 0 Å². The van der Waals surface area contributed by atoms with E-state index in [1.54, 1.807) is 0 Å². The molecule has 0 aromatic heterocycles. The van der Waals surface area contributed by atoms with E-state index in [4.69, 9.17) is 28.4 Å². The van der Waals surface area contributed by atoms with Crippen LogP contribution in [0.5, 0.6) is 0 Å². The molecule has 0 amide bonds. The first-order valence-corrected chi connectivity index (χ1v) is 12.9. The van der Waals surface area contributed by atoms with Gasteiger partial charge in [0.05, 0.1) is 55.9 Å². The van der Waals surface area contributed by atoms with Gasteiger partial charge in [-0.2, -0.15) is 0 Å². The Morgan fingerprint density at radius 2 is 1.91 bits per heavy atom. The van der Waals surface area contributed by atoms with E-state index >= 15 is 0 Å². The number of rotatable bonds is 6. The summed E-state index contributed by atoms with van der Waals surface area (Å²) >= 11 is 0. The van der Waals surface area contributed by atoms with E-state index in [9.17, 15) is 9.90 Å². The Bertz CT molecular complexity index is 738. The molecular formula is C26H42O8. The zero-order chi connectivity index (χ0) is 24.6. The maximum absolute atomic E-state index is 11.8. The fraction of sp³-hybridized carbons (Fsp3) is 0.885. The van der Waals surface area contributed by atoms with E-state index < -0.39 is 11.9 Å². The number of aliphatic hydroxyl groups excluding tert-OH is 1. The summed E-state index contributed by atoms with van der Waals surface area (Å²) in [7, 11) is 0. The van der Waals surface area contributed by atoms with Crippen molar-refractivity contribution in [2.45, 2.75) is 121 Å². The van der Waals surface area contributed by atoms with Crippen molar-refractivity contribution in [2.24, 2.45) is 11.8 Å². The highest BCUT2D eigenvalue weighted by molar-refractivity contribution is 5.69. The van der Waals surface area contributed by atoms with E-state index in [0.717, 1.165) is 12.0 Å². The summed E-state index contributed by atoms with van der Waals surface area (Å²) in [6.07, 6.45) is 1.09. The summed E-state index contributed by atoms with van der Waals surface area (Å²) in [5.41, 5.74) is 1.02. The molecule has 1 N–H and O–H groups in total. The third-order valence-electron chi connectivity index (χ3n) is 7.84. The number of carbonyl (C=O) groups excluding carboxylic acids is 1. The molecule has 4 fully saturated rings. The van der Waals surface area contributed by atoms with Gasteiger partial charge in [-0.1, -0.05) is 20.4 Å². The lowest BCUT2D eigenvalue weighted by Gasteiger charge is -2.53. The van der Waals surface area contributed by atoms with Crippen LogP contribution in [0.4, 0.5) is 0 Å². The standard InChI is InChI=1S/C26H42O8/c1-7-29-23(27)9-8-17-10-14(2)15(3)18(31-17)11-20-24(28)16(4)25-21(32-20)12-19-22(33-25)13-30-26(5,6)34-19/h14,16-22,24-25,28H,3,7-13H2,1-2,4-6H3/t14-,16-,17+,18?,19-,20+,21+,22-,24-,25+/m1/s1. The highest BCUT2D eigenvalue weighted by Gasteiger charge is 2.52. The fourth-order valence-electron chi connectivity index (χ4n) is 5.83. The molecule has 0 saturated carbocycles. The van der Waals surface area contributed by atoms with Gasteiger partial charge in [-0.15, -0.1) is 0 Å². The van der Waals surface area contributed by atoms with Crippen LogP contribution in [0.2, 0.25) is 0 Å². The lowest BCUT2D eigenvalue weighted by atomic mass is 9.79. The zero-order valence-electron chi connectivity index (χ0n) is 21.2. The molecule has 1 unspecified atom stereocenters. The fourth-order valence-corrected chi connectivity index (χ4v) is 5.83. The van der Waals surface area contributed by atoms with Gasteiger partial charge in [0.1, 0.15) is 6.10 Å². The van der Waals surface area contributed by atoms with Crippen LogP contribution in [-0.2, 0) is 33.2 Å². The molecule has 8 heteroatoms. The van der Waals surface area contributed by atoms with Crippen LogP contribution >= 0.6 is 0 Å². The number of ether oxygens (including phenoxy) is 6. The second kappa shape index (κ2) is 10.5. The number of esters is 1. The average Bonchev–Trinajstić information content (AvgIpc) is 2.77. The Morgan fingerprint density at radius 3 is 2.65 bits per heavy atom. The summed E-state index contributed by atoms with van der Waals surface area (Å²) in [6.45, 7) is 15.0. The smallest absolute Gasteiger partial charge is 0.305 e. The molecule has 4 rings (SSSR count). The lowest BCUT2D eigenvalue weighted by molar-refractivity contribution is -0.355. The number of hydrogen-bond acceptors (Lipinski definition) is 8. The van der Waals surface area contributed by atoms with Crippen molar-refractivity contribution in [3.63, 3.8) is 0 Å². The number of hydrogen-bond donors (Lipinski definition) is 1. The highest BCUT2D eigenvalue weighted by atomic mass is 16.7. The van der Waals surface area contributed by atoms with Gasteiger partial charge in [0, 0.05) is 25.2 Å². The quantitative estimate of drug-likeness (QED) is 0.456. The monoisotopic (exact) mass is 482 g/mol. The van der Waals surface area contributed by atoms with Crippen LogP contribution in [0.15, 0.2) is 12.2 Å². The third kappa shape index (κ3) is 5.68. The molecule has 0 bridgehead atoms. The SMILES string of the molecule is C=C1C(C[C@@H]2O[C@H]3C[C@H]4OC(C)(C)OC[C@H]4O[C@H]3[C@H](C)[C@H]2O)O[C@@H](CCC(=O)OCC)C[C@H]1C. The minimum atomic E-state index is -0.675. The van der Waals surface area contributed by atoms with Crippen molar-refractivity contribution in [1.82, 2.24) is 0 Å². The van der Waals surface area contributed by atoms with Crippen molar-refractivity contribution >= 4 is 5.97 Å². The molecule has 194 valence electrons. The van der Waals surface area contributed by atoms with Crippen LogP contribution in [-0.4, -0.2) is 78.9 Å². The average molecular weight is 483 g/mol. The van der Waals surface area contributed by atoms with Crippen LogP contribution < -0.4 is 0 Å². The first-order valence-electron chi connectivity index (χ1n) is 12.9. The second-order valence-corrected chi connectivity index (χ2v) is 10.8. The van der Waals surface area contributed by atoms with Gasteiger partial charge in [-0.25, -0.2) is 0 Å². The third-order valence-corrected chi connectivity index (χ3v) is 7.84. The molecule has 4 heterocycles. The van der Waals surface area contributed by atoms with E-state index in [1.807, 2.05) is 27.7 Å². The van der Waals surface area contributed by atoms with Gasteiger partial charge in [0.2, 0.25) is 0 Å². The topological polar surface area (TPSA) is 92.7 Å². The van der Waals surface area contributed by atoms with Gasteiger partial charge in [0.15, 0.2) is 5.79 Å². The molecule has 34 heavy (non-hydrogen) atoms. The van der Waals surface area contributed by atoms with Crippen LogP contribution in [0, 0.1) is 11.8 Å². The number of carbonyl (C=O) groups is 1. The molecule has 10 atom stereocenters. The van der Waals surface area contributed by atoms with Gasteiger partial charge < -0.3 is 33.5 Å². The molecular weight excluding hydrogens is 440 g/mol. The first-order chi connectivity index (χ1) is 16.1. The van der Waals surface area contributed by atoms with Gasteiger partial charge >= 0.3 is 5.97 Å². The summed E-state index contributed by atoms with van der Waals surface area (Å²) in [4.78, 5) is 11.8. The molecule has 4 aliphatic heterocycles. The molecule has 0 radical (unpaired) electrons. The maximum atomic E-state index is 11.8. The summed E-state index contributed by atoms with van der Waals surface area (Å²) in [5, 5.41) is 11.1. The van der Waals surface area contributed by atoms with Crippen molar-refractivity contribution in [2.75, 3.05) is 13.2 Å². The van der Waals surface area contributed by atoms with Crippen LogP contribution in [0.1, 0.15) is 66.7 Å². The summed E-state index contributed by atoms with van der Waals surface area (Å²) in [6, 6.07) is 0. The van der Waals surface area contributed by atoms with Gasteiger partial charge in [-0.3, -0.25) is 4.79 Å². The first kappa shape index (κ1) is 26.0. The van der Waals surface area contributed by atoms with Crippen molar-refractivity contribution in [3.05, 3.63) is 12.2 Å². The van der Waals surface area contributed by atoms with Gasteiger partial charge in [-0.05, 0) is 45.1 Å². The Balaban J connectivity index is 1.38.